The molecule has 0 radical (unpaired) electrons. The molecule has 0 N–H and O–H groups in total. The number of pyridine rings is 2. The molecule has 0 aliphatic carbocycles. The highest BCUT2D eigenvalue weighted by molar-refractivity contribution is 7.98. The molecule has 88 valence electrons. The smallest absolute Gasteiger partial charge is 0.127 e. The fourth-order valence-corrected chi connectivity index (χ4v) is 2.29. The van der Waals surface area contributed by atoms with Crippen LogP contribution in [0.15, 0.2) is 46.5 Å². The first-order chi connectivity index (χ1) is 8.20. The van der Waals surface area contributed by atoms with Crippen molar-refractivity contribution in [2.24, 2.45) is 0 Å². The lowest BCUT2D eigenvalue weighted by atomic mass is 10.2. The van der Waals surface area contributed by atoms with E-state index in [0.717, 1.165) is 16.4 Å². The third kappa shape index (κ3) is 2.92. The lowest BCUT2D eigenvalue weighted by molar-refractivity contribution is 0.684. The first kappa shape index (κ1) is 12.3. The molecule has 0 fully saturated rings. The Hall–Kier alpha value is -1.20. The van der Waals surface area contributed by atoms with Crippen molar-refractivity contribution in [3.05, 3.63) is 36.4 Å². The van der Waals surface area contributed by atoms with Gasteiger partial charge in [0.1, 0.15) is 5.03 Å². The van der Waals surface area contributed by atoms with Crippen LogP contribution >= 0.6 is 11.8 Å². The number of rotatable bonds is 3. The molecule has 0 aliphatic rings. The van der Waals surface area contributed by atoms with Crippen molar-refractivity contribution in [2.45, 2.75) is 10.1 Å². The molecule has 2 heterocycles. The molecule has 0 spiro atoms. The van der Waals surface area contributed by atoms with E-state index in [-0.39, 0.29) is 0 Å². The van der Waals surface area contributed by atoms with Crippen molar-refractivity contribution in [3.8, 4) is 11.4 Å². The Balaban J connectivity index is 2.45. The summed E-state index contributed by atoms with van der Waals surface area (Å²) in [4.78, 5) is 8.81. The molecule has 1 unspecified atom stereocenters. The zero-order valence-electron chi connectivity index (χ0n) is 9.58. The highest BCUT2D eigenvalue weighted by Crippen LogP contribution is 2.19. The van der Waals surface area contributed by atoms with E-state index in [2.05, 4.69) is 9.97 Å². The Labute approximate surface area is 107 Å². The first-order valence-corrected chi connectivity index (χ1v) is 7.81. The molecule has 5 heteroatoms. The summed E-state index contributed by atoms with van der Waals surface area (Å²) in [6.45, 7) is 0. The maximum Gasteiger partial charge on any atom is 0.127 e. The molecule has 0 saturated carbocycles. The van der Waals surface area contributed by atoms with Gasteiger partial charge in [0.15, 0.2) is 0 Å². The minimum absolute atomic E-state index is 0.582. The lowest BCUT2D eigenvalue weighted by Crippen LogP contribution is -1.95. The molecular weight excluding hydrogens is 252 g/mol. The molecule has 0 aliphatic heterocycles. The van der Waals surface area contributed by atoms with Gasteiger partial charge in [0.25, 0.3) is 0 Å². The quantitative estimate of drug-likeness (QED) is 0.799. The van der Waals surface area contributed by atoms with E-state index < -0.39 is 10.8 Å². The van der Waals surface area contributed by atoms with Gasteiger partial charge in [-0.3, -0.25) is 4.21 Å². The Kier molecular flexibility index (Phi) is 3.91. The molecule has 1 atom stereocenters. The topological polar surface area (TPSA) is 42.9 Å². The van der Waals surface area contributed by atoms with Gasteiger partial charge in [-0.1, -0.05) is 12.1 Å². The summed E-state index contributed by atoms with van der Waals surface area (Å²) in [6, 6.07) is 11.3. The van der Waals surface area contributed by atoms with E-state index in [1.165, 1.54) is 0 Å². The number of aromatic nitrogens is 2. The molecule has 0 saturated heterocycles. The van der Waals surface area contributed by atoms with Crippen molar-refractivity contribution in [2.75, 3.05) is 12.5 Å². The number of hydrogen-bond donors (Lipinski definition) is 0. The minimum atomic E-state index is -1.06. The van der Waals surface area contributed by atoms with Crippen molar-refractivity contribution >= 4 is 22.6 Å². The molecule has 0 amide bonds. The van der Waals surface area contributed by atoms with Gasteiger partial charge in [-0.2, -0.15) is 0 Å². The second-order valence-electron chi connectivity index (χ2n) is 3.38. The largest absolute Gasteiger partial charge is 0.253 e. The predicted octanol–water partition coefficient (Wildman–Crippen LogP) is 2.60. The van der Waals surface area contributed by atoms with Crippen LogP contribution in [0, 0.1) is 0 Å². The summed E-state index contributed by atoms with van der Waals surface area (Å²) in [5.41, 5.74) is 1.57. The predicted molar refractivity (Wildman–Crippen MR) is 71.6 cm³/mol. The Bertz CT molecular complexity index is 558. The number of hydrogen-bond acceptors (Lipinski definition) is 4. The third-order valence-electron chi connectivity index (χ3n) is 2.21. The van der Waals surface area contributed by atoms with Crippen molar-refractivity contribution < 1.29 is 4.21 Å². The highest BCUT2D eigenvalue weighted by Gasteiger charge is 2.05. The molecule has 0 aromatic carbocycles. The number of thioether (sulfide) groups is 1. The second-order valence-corrected chi connectivity index (χ2v) is 5.53. The minimum Gasteiger partial charge on any atom is -0.253 e. The van der Waals surface area contributed by atoms with E-state index >= 15 is 0 Å². The van der Waals surface area contributed by atoms with Crippen molar-refractivity contribution in [3.63, 3.8) is 0 Å². The van der Waals surface area contributed by atoms with Crippen LogP contribution < -0.4 is 0 Å². The summed E-state index contributed by atoms with van der Waals surface area (Å²) in [7, 11) is -1.06. The van der Waals surface area contributed by atoms with E-state index in [1.807, 2.05) is 36.6 Å². The van der Waals surface area contributed by atoms with E-state index in [0.29, 0.717) is 5.03 Å². The van der Waals surface area contributed by atoms with Crippen LogP contribution in [0.5, 0.6) is 0 Å². The van der Waals surface area contributed by atoms with E-state index in [9.17, 15) is 4.21 Å². The van der Waals surface area contributed by atoms with Crippen molar-refractivity contribution in [1.29, 1.82) is 0 Å². The van der Waals surface area contributed by atoms with Crippen LogP contribution in [0.4, 0.5) is 0 Å². The molecule has 0 bridgehead atoms. The second kappa shape index (κ2) is 5.42. The fraction of sp³-hybridized carbons (Fsp3) is 0.167. The van der Waals surface area contributed by atoms with Crippen LogP contribution in [0.2, 0.25) is 0 Å². The molecular formula is C12H12N2OS2. The Morgan fingerprint density at radius 2 is 1.71 bits per heavy atom. The Morgan fingerprint density at radius 3 is 2.35 bits per heavy atom. The maximum absolute atomic E-state index is 11.4. The van der Waals surface area contributed by atoms with Crippen LogP contribution in [0.3, 0.4) is 0 Å². The van der Waals surface area contributed by atoms with Gasteiger partial charge in [0, 0.05) is 6.26 Å². The Morgan fingerprint density at radius 1 is 1.06 bits per heavy atom. The van der Waals surface area contributed by atoms with Gasteiger partial charge < -0.3 is 0 Å². The summed E-state index contributed by atoms with van der Waals surface area (Å²) < 4.78 is 11.4. The van der Waals surface area contributed by atoms with E-state index in [4.69, 9.17) is 0 Å². The zero-order valence-corrected chi connectivity index (χ0v) is 11.2. The highest BCUT2D eigenvalue weighted by atomic mass is 32.2. The van der Waals surface area contributed by atoms with Gasteiger partial charge in [-0.25, -0.2) is 9.97 Å². The average molecular weight is 264 g/mol. The monoisotopic (exact) mass is 264 g/mol. The summed E-state index contributed by atoms with van der Waals surface area (Å²) in [5.74, 6) is 0. The third-order valence-corrected chi connectivity index (χ3v) is 3.68. The molecule has 17 heavy (non-hydrogen) atoms. The summed E-state index contributed by atoms with van der Waals surface area (Å²) in [5, 5.41) is 1.53. The van der Waals surface area contributed by atoms with Gasteiger partial charge in [-0.05, 0) is 30.5 Å². The maximum atomic E-state index is 11.4. The van der Waals surface area contributed by atoms with Crippen LogP contribution in [-0.4, -0.2) is 26.7 Å². The molecule has 2 aromatic rings. The van der Waals surface area contributed by atoms with Crippen LogP contribution in [-0.2, 0) is 10.8 Å². The zero-order chi connectivity index (χ0) is 12.3. The summed E-state index contributed by atoms with van der Waals surface area (Å²) >= 11 is 1.59. The SMILES string of the molecule is CSc1cccc(-c2cccc(S(C)=O)n2)n1. The first-order valence-electron chi connectivity index (χ1n) is 5.02. The van der Waals surface area contributed by atoms with Gasteiger partial charge in [0.2, 0.25) is 0 Å². The fourth-order valence-electron chi connectivity index (χ4n) is 1.39. The van der Waals surface area contributed by atoms with Crippen molar-refractivity contribution in [1.82, 2.24) is 9.97 Å². The standard InChI is InChI=1S/C12H12N2OS2/c1-16-11-7-3-5-9(13-11)10-6-4-8-12(14-10)17(2)15/h3-8H,1-2H3. The van der Waals surface area contributed by atoms with E-state index in [1.54, 1.807) is 24.1 Å². The van der Waals surface area contributed by atoms with Crippen LogP contribution in [0.25, 0.3) is 11.4 Å². The van der Waals surface area contributed by atoms with Gasteiger partial charge in [0.05, 0.1) is 27.2 Å². The van der Waals surface area contributed by atoms with Gasteiger partial charge >= 0.3 is 0 Å². The average Bonchev–Trinajstić information content (AvgIpc) is 2.39. The lowest BCUT2D eigenvalue weighted by Gasteiger charge is -2.03. The van der Waals surface area contributed by atoms with Gasteiger partial charge in [-0.15, -0.1) is 11.8 Å². The molecule has 3 nitrogen and oxygen atoms in total. The van der Waals surface area contributed by atoms with Crippen LogP contribution in [0.1, 0.15) is 0 Å². The molecule has 2 aromatic heterocycles. The molecule has 2 rings (SSSR count). The number of nitrogens with zero attached hydrogens (tertiary/aromatic N) is 2. The summed E-state index contributed by atoms with van der Waals surface area (Å²) in [6.07, 6.45) is 3.61. The normalized spacial score (nSPS) is 12.4.